The van der Waals surface area contributed by atoms with E-state index in [0.29, 0.717) is 6.42 Å². The molecule has 4 N–H and O–H groups in total. The van der Waals surface area contributed by atoms with Crippen molar-refractivity contribution in [2.45, 2.75) is 25.3 Å². The molecule has 4 heteroatoms. The fourth-order valence-electron chi connectivity index (χ4n) is 1.11. The molecule has 0 aromatic heterocycles. The highest BCUT2D eigenvalue weighted by atomic mass is 16.7. The molecule has 0 heterocycles. The Hall–Kier alpha value is -0.610. The monoisotopic (exact) mass is 144 g/mol. The summed E-state index contributed by atoms with van der Waals surface area (Å²) in [7, 11) is 0. The highest BCUT2D eigenvalue weighted by Gasteiger charge is 2.55. The molecule has 0 radical (unpaired) electrons. The first-order chi connectivity index (χ1) is 4.64. The first kappa shape index (κ1) is 7.50. The van der Waals surface area contributed by atoms with Gasteiger partial charge in [0.2, 0.25) is 0 Å². The van der Waals surface area contributed by atoms with Crippen LogP contribution in [0, 0.1) is 5.92 Å². The summed E-state index contributed by atoms with van der Waals surface area (Å²) in [5, 5.41) is 0. The molecule has 1 fully saturated rings. The van der Waals surface area contributed by atoms with Crippen LogP contribution >= 0.6 is 0 Å². The third-order valence-corrected chi connectivity index (χ3v) is 2.18. The number of rotatable bonds is 2. The number of hydrogen-bond donors (Lipinski definition) is 2. The van der Waals surface area contributed by atoms with Crippen LogP contribution in [0.5, 0.6) is 0 Å². The van der Waals surface area contributed by atoms with Gasteiger partial charge in [-0.25, -0.2) is 0 Å². The Balaban J connectivity index is 2.44. The average Bonchev–Trinajstić information content (AvgIpc) is 2.62. The van der Waals surface area contributed by atoms with Crippen molar-refractivity contribution < 1.29 is 9.63 Å². The molecule has 10 heavy (non-hydrogen) atoms. The van der Waals surface area contributed by atoms with Crippen molar-refractivity contribution in [1.29, 1.82) is 0 Å². The van der Waals surface area contributed by atoms with Crippen LogP contribution in [-0.2, 0) is 9.63 Å². The van der Waals surface area contributed by atoms with Gasteiger partial charge in [0.25, 0.3) is 0 Å². The Kier molecular flexibility index (Phi) is 1.66. The lowest BCUT2D eigenvalue weighted by Gasteiger charge is -2.04. The van der Waals surface area contributed by atoms with Crippen LogP contribution in [0.15, 0.2) is 0 Å². The summed E-state index contributed by atoms with van der Waals surface area (Å²) in [4.78, 5) is 14.8. The van der Waals surface area contributed by atoms with Crippen LogP contribution in [0.3, 0.4) is 0 Å². The van der Waals surface area contributed by atoms with Crippen molar-refractivity contribution >= 4 is 5.97 Å². The molecule has 0 aromatic carbocycles. The number of hydrogen-bond acceptors (Lipinski definition) is 4. The van der Waals surface area contributed by atoms with E-state index in [-0.39, 0.29) is 17.4 Å². The molecule has 1 aliphatic carbocycles. The molecule has 1 saturated carbocycles. The van der Waals surface area contributed by atoms with E-state index in [9.17, 15) is 4.79 Å². The minimum absolute atomic E-state index is 0.164. The molecule has 0 spiro atoms. The van der Waals surface area contributed by atoms with Gasteiger partial charge < -0.3 is 10.6 Å². The molecule has 0 amide bonds. The molecule has 4 nitrogen and oxygen atoms in total. The molecular weight excluding hydrogens is 132 g/mol. The summed E-state index contributed by atoms with van der Waals surface area (Å²) >= 11 is 0. The Morgan fingerprint density at radius 1 is 1.90 bits per heavy atom. The largest absolute Gasteiger partial charge is 0.373 e. The second-order valence-corrected chi connectivity index (χ2v) is 2.78. The van der Waals surface area contributed by atoms with Crippen LogP contribution in [0.2, 0.25) is 0 Å². The first-order valence-electron chi connectivity index (χ1n) is 3.33. The Labute approximate surface area is 59.5 Å². The summed E-state index contributed by atoms with van der Waals surface area (Å²) in [5.41, 5.74) is 5.39. The molecule has 0 aromatic rings. The molecular formula is C6H12N2O2. The van der Waals surface area contributed by atoms with Gasteiger partial charge in [0.05, 0.1) is 5.92 Å². The van der Waals surface area contributed by atoms with Crippen molar-refractivity contribution in [2.75, 3.05) is 0 Å². The van der Waals surface area contributed by atoms with E-state index in [2.05, 4.69) is 10.7 Å². The average molecular weight is 144 g/mol. The van der Waals surface area contributed by atoms with E-state index in [4.69, 9.17) is 5.73 Å². The molecule has 0 aliphatic heterocycles. The molecule has 0 saturated heterocycles. The summed E-state index contributed by atoms with van der Waals surface area (Å²) in [5.74, 6) is 4.13. The van der Waals surface area contributed by atoms with Gasteiger partial charge in [-0.05, 0) is 12.8 Å². The zero-order chi connectivity index (χ0) is 7.78. The van der Waals surface area contributed by atoms with Gasteiger partial charge in [0.1, 0.15) is 0 Å². The van der Waals surface area contributed by atoms with Crippen LogP contribution in [0.25, 0.3) is 0 Å². The number of nitrogens with two attached hydrogens (primary N) is 2. The predicted molar refractivity (Wildman–Crippen MR) is 35.6 cm³/mol. The lowest BCUT2D eigenvalue weighted by Crippen LogP contribution is -2.28. The van der Waals surface area contributed by atoms with Gasteiger partial charge in [-0.1, -0.05) is 6.92 Å². The van der Waals surface area contributed by atoms with Crippen molar-refractivity contribution in [3.63, 3.8) is 0 Å². The SMILES string of the molecule is CCC1(N)CC1C(=O)ON. The van der Waals surface area contributed by atoms with Crippen LogP contribution < -0.4 is 11.6 Å². The summed E-state index contributed by atoms with van der Waals surface area (Å²) in [6.07, 6.45) is 1.51. The second-order valence-electron chi connectivity index (χ2n) is 2.78. The fraction of sp³-hybridized carbons (Fsp3) is 0.833. The van der Waals surface area contributed by atoms with Gasteiger partial charge in [0, 0.05) is 5.54 Å². The standard InChI is InChI=1S/C6H12N2O2/c1-2-6(7)3-4(6)5(9)10-8/h4H,2-3,7-8H2,1H3. The van der Waals surface area contributed by atoms with E-state index in [0.717, 1.165) is 6.42 Å². The topological polar surface area (TPSA) is 78.3 Å². The lowest BCUT2D eigenvalue weighted by atomic mass is 10.2. The van der Waals surface area contributed by atoms with E-state index in [1.807, 2.05) is 6.92 Å². The summed E-state index contributed by atoms with van der Waals surface area (Å²) in [6, 6.07) is 0. The van der Waals surface area contributed by atoms with Crippen molar-refractivity contribution in [3.05, 3.63) is 0 Å². The van der Waals surface area contributed by atoms with E-state index >= 15 is 0 Å². The smallest absolute Gasteiger partial charge is 0.329 e. The zero-order valence-corrected chi connectivity index (χ0v) is 5.96. The fourth-order valence-corrected chi connectivity index (χ4v) is 1.11. The van der Waals surface area contributed by atoms with Gasteiger partial charge in [-0.15, -0.1) is 0 Å². The van der Waals surface area contributed by atoms with Crippen molar-refractivity contribution in [3.8, 4) is 0 Å². The maximum absolute atomic E-state index is 10.7. The Bertz CT molecular complexity index is 160. The second kappa shape index (κ2) is 2.21. The summed E-state index contributed by atoms with van der Waals surface area (Å²) in [6.45, 7) is 1.95. The molecule has 1 rings (SSSR count). The Morgan fingerprint density at radius 3 is 2.80 bits per heavy atom. The van der Waals surface area contributed by atoms with Gasteiger partial charge >= 0.3 is 5.97 Å². The third-order valence-electron chi connectivity index (χ3n) is 2.18. The maximum Gasteiger partial charge on any atom is 0.329 e. The molecule has 1 aliphatic rings. The van der Waals surface area contributed by atoms with Gasteiger partial charge in [0.15, 0.2) is 0 Å². The molecule has 2 atom stereocenters. The van der Waals surface area contributed by atoms with E-state index < -0.39 is 0 Å². The summed E-state index contributed by atoms with van der Waals surface area (Å²) < 4.78 is 0. The normalized spacial score (nSPS) is 37.3. The van der Waals surface area contributed by atoms with E-state index in [1.54, 1.807) is 0 Å². The van der Waals surface area contributed by atoms with Crippen LogP contribution in [0.1, 0.15) is 19.8 Å². The molecule has 0 bridgehead atoms. The minimum atomic E-state index is -0.385. The minimum Gasteiger partial charge on any atom is -0.373 e. The molecule has 2 unspecified atom stereocenters. The number of carbonyl (C=O) groups is 1. The molecule has 58 valence electrons. The quantitative estimate of drug-likeness (QED) is 0.513. The van der Waals surface area contributed by atoms with Crippen LogP contribution in [0.4, 0.5) is 0 Å². The zero-order valence-electron chi connectivity index (χ0n) is 5.96. The van der Waals surface area contributed by atoms with Crippen molar-refractivity contribution in [2.24, 2.45) is 17.5 Å². The third kappa shape index (κ3) is 0.998. The number of carbonyl (C=O) groups excluding carboxylic acids is 1. The Morgan fingerprint density at radius 2 is 2.50 bits per heavy atom. The van der Waals surface area contributed by atoms with Gasteiger partial charge in [-0.3, -0.25) is 4.79 Å². The van der Waals surface area contributed by atoms with Crippen LogP contribution in [-0.4, -0.2) is 11.5 Å². The lowest BCUT2D eigenvalue weighted by molar-refractivity contribution is -0.146. The first-order valence-corrected chi connectivity index (χ1v) is 3.33. The highest BCUT2D eigenvalue weighted by molar-refractivity contribution is 5.77. The maximum atomic E-state index is 10.7. The van der Waals surface area contributed by atoms with E-state index in [1.165, 1.54) is 0 Å². The van der Waals surface area contributed by atoms with Crippen molar-refractivity contribution in [1.82, 2.24) is 0 Å². The van der Waals surface area contributed by atoms with Gasteiger partial charge in [-0.2, -0.15) is 5.90 Å². The predicted octanol–water partition coefficient (Wildman–Crippen LogP) is -0.469. The highest BCUT2D eigenvalue weighted by Crippen LogP contribution is 2.43.